The Morgan fingerprint density at radius 1 is 0.909 bits per heavy atom. The van der Waals surface area contributed by atoms with Crippen molar-refractivity contribution in [3.05, 3.63) is 0 Å². The van der Waals surface area contributed by atoms with Crippen molar-refractivity contribution in [3.63, 3.8) is 0 Å². The number of rotatable bonds is 0. The molecule has 0 bridgehead atoms. The average Bonchev–Trinajstić information content (AvgIpc) is 1.81. The fraction of sp³-hybridized carbons (Fsp3) is 1.00. The molecule has 11 heavy (non-hydrogen) atoms. The van der Waals surface area contributed by atoms with Crippen molar-refractivity contribution in [2.45, 2.75) is 30.6 Å². The van der Waals surface area contributed by atoms with Gasteiger partial charge in [0.1, 0.15) is 0 Å². The van der Waals surface area contributed by atoms with Gasteiger partial charge in [-0.3, -0.25) is 0 Å². The molecule has 0 amide bonds. The van der Waals surface area contributed by atoms with Crippen LogP contribution in [-0.4, -0.2) is 17.8 Å². The van der Waals surface area contributed by atoms with Crippen LogP contribution in [0.3, 0.4) is 0 Å². The second-order valence-electron chi connectivity index (χ2n) is 2.50. The van der Waals surface area contributed by atoms with Crippen LogP contribution >= 0.6 is 0 Å². The lowest BCUT2D eigenvalue weighted by Crippen LogP contribution is -2.62. The van der Waals surface area contributed by atoms with Crippen LogP contribution in [0, 0.1) is 0 Å². The van der Waals surface area contributed by atoms with E-state index in [0.717, 1.165) is 0 Å². The van der Waals surface area contributed by atoms with Gasteiger partial charge in [-0.2, -0.15) is 13.2 Å². The lowest BCUT2D eigenvalue weighted by Gasteiger charge is -2.43. The molecular weight excluding hydrogens is 174 g/mol. The Kier molecular flexibility index (Phi) is 1.45. The number of halogens is 6. The first-order valence-electron chi connectivity index (χ1n) is 2.84. The summed E-state index contributed by atoms with van der Waals surface area (Å²) in [5.74, 6) is -4.23. The largest absolute Gasteiger partial charge is 0.428 e. The third-order valence-electron chi connectivity index (χ3n) is 1.81. The minimum Gasteiger partial charge on any atom is -0.227 e. The molecule has 0 N–H and O–H groups in total. The van der Waals surface area contributed by atoms with Crippen molar-refractivity contribution >= 4 is 0 Å². The average molecular weight is 178 g/mol. The van der Waals surface area contributed by atoms with Crippen molar-refractivity contribution < 1.29 is 26.3 Å². The third-order valence-corrected chi connectivity index (χ3v) is 1.81. The van der Waals surface area contributed by atoms with Crippen molar-refractivity contribution in [3.8, 4) is 0 Å². The van der Waals surface area contributed by atoms with Gasteiger partial charge in [0, 0.05) is 12.8 Å². The Balaban J connectivity index is 2.86. The molecule has 66 valence electrons. The van der Waals surface area contributed by atoms with E-state index in [9.17, 15) is 26.3 Å². The van der Waals surface area contributed by atoms with Crippen LogP contribution in [0.4, 0.5) is 26.3 Å². The number of alkyl halides is 6. The van der Waals surface area contributed by atoms with E-state index in [1.807, 2.05) is 0 Å². The molecule has 1 aliphatic carbocycles. The van der Waals surface area contributed by atoms with E-state index >= 15 is 0 Å². The SMILES string of the molecule is FC(F)(F)C1(F)CCC1(F)F. The van der Waals surface area contributed by atoms with Crippen LogP contribution in [0.15, 0.2) is 0 Å². The van der Waals surface area contributed by atoms with Crippen LogP contribution in [0.5, 0.6) is 0 Å². The second-order valence-corrected chi connectivity index (χ2v) is 2.50. The minimum absolute atomic E-state index is 1.02. The molecular formula is C5H4F6. The normalized spacial score (nSPS) is 36.5. The van der Waals surface area contributed by atoms with Gasteiger partial charge < -0.3 is 0 Å². The van der Waals surface area contributed by atoms with Gasteiger partial charge in [-0.15, -0.1) is 0 Å². The van der Waals surface area contributed by atoms with Gasteiger partial charge in [0.25, 0.3) is 11.6 Å². The molecule has 6 heteroatoms. The Morgan fingerprint density at radius 3 is 1.36 bits per heavy atom. The van der Waals surface area contributed by atoms with Gasteiger partial charge >= 0.3 is 6.18 Å². The zero-order valence-corrected chi connectivity index (χ0v) is 5.18. The highest BCUT2D eigenvalue weighted by Gasteiger charge is 2.76. The number of hydrogen-bond acceptors (Lipinski definition) is 0. The topological polar surface area (TPSA) is 0 Å². The summed E-state index contributed by atoms with van der Waals surface area (Å²) < 4.78 is 70.9. The van der Waals surface area contributed by atoms with Crippen LogP contribution in [-0.2, 0) is 0 Å². The van der Waals surface area contributed by atoms with E-state index in [-0.39, 0.29) is 0 Å². The fourth-order valence-corrected chi connectivity index (χ4v) is 0.883. The summed E-state index contributed by atoms with van der Waals surface area (Å²) in [6, 6.07) is 0. The molecule has 0 aromatic rings. The molecule has 0 radical (unpaired) electrons. The zero-order chi connectivity index (χ0) is 8.91. The van der Waals surface area contributed by atoms with Crippen molar-refractivity contribution in [2.75, 3.05) is 0 Å². The third kappa shape index (κ3) is 0.911. The molecule has 0 spiro atoms. The molecule has 1 saturated carbocycles. The summed E-state index contributed by atoms with van der Waals surface area (Å²) in [4.78, 5) is 0. The molecule has 0 heterocycles. The Labute approximate surface area is 58.2 Å². The van der Waals surface area contributed by atoms with Crippen molar-refractivity contribution in [1.82, 2.24) is 0 Å². The molecule has 1 unspecified atom stereocenters. The minimum atomic E-state index is -5.45. The van der Waals surface area contributed by atoms with Gasteiger partial charge in [0.2, 0.25) is 0 Å². The first-order valence-corrected chi connectivity index (χ1v) is 2.84. The zero-order valence-electron chi connectivity index (χ0n) is 5.18. The highest BCUT2D eigenvalue weighted by Crippen LogP contribution is 2.57. The fourth-order valence-electron chi connectivity index (χ4n) is 0.883. The Bertz CT molecular complexity index is 158. The first-order chi connectivity index (χ1) is 4.71. The molecule has 0 aromatic heterocycles. The van der Waals surface area contributed by atoms with Gasteiger partial charge in [-0.1, -0.05) is 0 Å². The lowest BCUT2D eigenvalue weighted by atomic mass is 9.77. The maximum absolute atomic E-state index is 12.3. The highest BCUT2D eigenvalue weighted by molar-refractivity contribution is 5.08. The summed E-state index contributed by atoms with van der Waals surface area (Å²) in [6.07, 6.45) is -7.61. The Morgan fingerprint density at radius 2 is 1.36 bits per heavy atom. The maximum Gasteiger partial charge on any atom is 0.428 e. The molecule has 1 fully saturated rings. The molecule has 1 aliphatic rings. The highest BCUT2D eigenvalue weighted by atomic mass is 19.4. The van der Waals surface area contributed by atoms with E-state index < -0.39 is 30.6 Å². The van der Waals surface area contributed by atoms with Crippen LogP contribution in [0.2, 0.25) is 0 Å². The van der Waals surface area contributed by atoms with E-state index in [0.29, 0.717) is 0 Å². The molecule has 1 atom stereocenters. The molecule has 0 nitrogen and oxygen atoms in total. The van der Waals surface area contributed by atoms with Crippen LogP contribution in [0.1, 0.15) is 12.8 Å². The van der Waals surface area contributed by atoms with Crippen molar-refractivity contribution in [2.24, 2.45) is 0 Å². The summed E-state index contributed by atoms with van der Waals surface area (Å²) >= 11 is 0. The molecule has 0 aliphatic heterocycles. The molecule has 0 saturated heterocycles. The van der Waals surface area contributed by atoms with Gasteiger partial charge in [-0.05, 0) is 0 Å². The van der Waals surface area contributed by atoms with Crippen LogP contribution in [0.25, 0.3) is 0 Å². The monoisotopic (exact) mass is 178 g/mol. The summed E-state index contributed by atoms with van der Waals surface area (Å²) in [5, 5.41) is 0. The smallest absolute Gasteiger partial charge is 0.227 e. The van der Waals surface area contributed by atoms with Gasteiger partial charge in [-0.25, -0.2) is 13.2 Å². The van der Waals surface area contributed by atoms with E-state index in [4.69, 9.17) is 0 Å². The lowest BCUT2D eigenvalue weighted by molar-refractivity contribution is -0.344. The standard InChI is InChI=1S/C5H4F6/c6-3(5(9,10)11)1-2-4(3,7)8/h1-2H2. The predicted octanol–water partition coefficient (Wildman–Crippen LogP) is 2.69. The van der Waals surface area contributed by atoms with Crippen LogP contribution < -0.4 is 0 Å². The first kappa shape index (κ1) is 8.67. The second kappa shape index (κ2) is 1.84. The molecule has 0 aromatic carbocycles. The van der Waals surface area contributed by atoms with Crippen molar-refractivity contribution in [1.29, 1.82) is 0 Å². The predicted molar refractivity (Wildman–Crippen MR) is 24.1 cm³/mol. The number of hydrogen-bond donors (Lipinski definition) is 0. The van der Waals surface area contributed by atoms with Gasteiger partial charge in [0.05, 0.1) is 0 Å². The Hall–Kier alpha value is -0.420. The van der Waals surface area contributed by atoms with E-state index in [1.54, 1.807) is 0 Å². The molecule has 1 rings (SSSR count). The summed E-state index contributed by atoms with van der Waals surface area (Å²) in [6.45, 7) is 0. The van der Waals surface area contributed by atoms with Gasteiger partial charge in [0.15, 0.2) is 0 Å². The van der Waals surface area contributed by atoms with E-state index in [1.165, 1.54) is 0 Å². The summed E-state index contributed by atoms with van der Waals surface area (Å²) in [7, 11) is 0. The summed E-state index contributed by atoms with van der Waals surface area (Å²) in [5.41, 5.74) is -4.28. The van der Waals surface area contributed by atoms with E-state index in [2.05, 4.69) is 0 Å². The quantitative estimate of drug-likeness (QED) is 0.500. The maximum atomic E-state index is 12.3.